The van der Waals surface area contributed by atoms with Crippen LogP contribution in [0, 0.1) is 0 Å². The third-order valence-corrected chi connectivity index (χ3v) is 7.94. The van der Waals surface area contributed by atoms with E-state index in [9.17, 15) is 0 Å². The fraction of sp³-hybridized carbons (Fsp3) is 0. The quantitative estimate of drug-likeness (QED) is 0.245. The molecule has 0 bridgehead atoms. The van der Waals surface area contributed by atoms with Gasteiger partial charge in [0, 0.05) is 36.9 Å². The number of hydrogen-bond donors (Lipinski definition) is 0. The largest absolute Gasteiger partial charge is 0.228 e. The van der Waals surface area contributed by atoms with E-state index in [1.165, 1.54) is 31.3 Å². The second-order valence-corrected chi connectivity index (χ2v) is 10.1. The van der Waals surface area contributed by atoms with Crippen molar-refractivity contribution in [3.05, 3.63) is 133 Å². The normalized spacial score (nSPS) is 11.2. The van der Waals surface area contributed by atoms with Gasteiger partial charge in [0.25, 0.3) is 0 Å². The van der Waals surface area contributed by atoms with Gasteiger partial charge in [-0.25, -0.2) is 9.97 Å². The molecule has 0 N–H and O–H groups in total. The van der Waals surface area contributed by atoms with Gasteiger partial charge in [-0.1, -0.05) is 121 Å². The Morgan fingerprint density at radius 1 is 0.432 bits per heavy atom. The van der Waals surface area contributed by atoms with E-state index in [0.29, 0.717) is 0 Å². The summed E-state index contributed by atoms with van der Waals surface area (Å²) in [5, 5.41) is 2.63. The molecule has 0 unspecified atom stereocenters. The van der Waals surface area contributed by atoms with Crippen molar-refractivity contribution in [2.45, 2.75) is 0 Å². The molecule has 0 aliphatic heterocycles. The number of hydrogen-bond acceptors (Lipinski definition) is 3. The molecule has 0 saturated carbocycles. The first-order chi connectivity index (χ1) is 18.3. The molecule has 0 aliphatic carbocycles. The average molecular weight is 491 g/mol. The Morgan fingerprint density at radius 2 is 1.00 bits per heavy atom. The fourth-order valence-electron chi connectivity index (χ4n) is 4.86. The summed E-state index contributed by atoms with van der Waals surface area (Å²) in [5.74, 6) is 0.729. The minimum absolute atomic E-state index is 0.729. The van der Waals surface area contributed by atoms with E-state index in [2.05, 4.69) is 97.1 Å². The van der Waals surface area contributed by atoms with Crippen LogP contribution in [-0.2, 0) is 0 Å². The monoisotopic (exact) mass is 490 g/mol. The van der Waals surface area contributed by atoms with E-state index in [1.807, 2.05) is 47.7 Å². The Hall–Kier alpha value is -4.60. The average Bonchev–Trinajstić information content (AvgIpc) is 3.37. The van der Waals surface area contributed by atoms with E-state index in [1.54, 1.807) is 0 Å². The molecule has 0 radical (unpaired) electrons. The molecule has 0 spiro atoms. The second kappa shape index (κ2) is 9.12. The molecule has 0 fully saturated rings. The van der Waals surface area contributed by atoms with Crippen LogP contribution in [0.25, 0.3) is 65.2 Å². The lowest BCUT2D eigenvalue weighted by Crippen LogP contribution is -1.95. The van der Waals surface area contributed by atoms with E-state index < -0.39 is 0 Å². The van der Waals surface area contributed by atoms with Crippen molar-refractivity contribution >= 4 is 31.5 Å². The molecule has 0 saturated heterocycles. The molecular formula is C34H22N2S. The first-order valence-electron chi connectivity index (χ1n) is 12.3. The lowest BCUT2D eigenvalue weighted by molar-refractivity contribution is 1.18. The van der Waals surface area contributed by atoms with Crippen molar-refractivity contribution in [1.29, 1.82) is 0 Å². The van der Waals surface area contributed by atoms with Crippen molar-refractivity contribution in [1.82, 2.24) is 9.97 Å². The summed E-state index contributed by atoms with van der Waals surface area (Å²) < 4.78 is 2.64. The predicted octanol–water partition coefficient (Wildman–Crippen LogP) is 9.51. The molecule has 2 heterocycles. The number of fused-ring (bicyclic) bond motifs is 3. The van der Waals surface area contributed by atoms with Gasteiger partial charge in [-0.15, -0.1) is 11.3 Å². The molecule has 7 aromatic rings. The van der Waals surface area contributed by atoms with Crippen molar-refractivity contribution in [3.8, 4) is 45.0 Å². The Morgan fingerprint density at radius 3 is 1.68 bits per heavy atom. The van der Waals surface area contributed by atoms with Gasteiger partial charge in [0.1, 0.15) is 0 Å². The highest BCUT2D eigenvalue weighted by molar-refractivity contribution is 7.26. The SMILES string of the molecule is c1ccc(-c2cc(-c3ccccc3)nc(-c3ccc(-c4cccc5c4sc4ccccc45)cc3)n2)cc1. The Balaban J connectivity index is 1.33. The van der Waals surface area contributed by atoms with E-state index in [4.69, 9.17) is 9.97 Å². The Bertz CT molecular complexity index is 1800. The first kappa shape index (κ1) is 21.7. The minimum Gasteiger partial charge on any atom is -0.228 e. The smallest absolute Gasteiger partial charge is 0.160 e. The highest BCUT2D eigenvalue weighted by atomic mass is 32.1. The predicted molar refractivity (Wildman–Crippen MR) is 157 cm³/mol. The number of thiophene rings is 1. The van der Waals surface area contributed by atoms with Crippen LogP contribution in [-0.4, -0.2) is 9.97 Å². The molecule has 0 amide bonds. The summed E-state index contributed by atoms with van der Waals surface area (Å²) in [5.41, 5.74) is 7.46. The summed E-state index contributed by atoms with van der Waals surface area (Å²) in [6.45, 7) is 0. The van der Waals surface area contributed by atoms with Crippen molar-refractivity contribution in [2.24, 2.45) is 0 Å². The zero-order chi connectivity index (χ0) is 24.6. The maximum atomic E-state index is 4.97. The first-order valence-corrected chi connectivity index (χ1v) is 13.2. The third-order valence-electron chi connectivity index (χ3n) is 6.72. The van der Waals surface area contributed by atoms with Gasteiger partial charge in [0.2, 0.25) is 0 Å². The molecule has 0 aliphatic rings. The van der Waals surface area contributed by atoms with Gasteiger partial charge in [-0.05, 0) is 23.3 Å². The minimum atomic E-state index is 0.729. The maximum absolute atomic E-state index is 4.97. The van der Waals surface area contributed by atoms with Crippen LogP contribution in [0.5, 0.6) is 0 Å². The highest BCUT2D eigenvalue weighted by Gasteiger charge is 2.13. The van der Waals surface area contributed by atoms with Gasteiger partial charge < -0.3 is 0 Å². The van der Waals surface area contributed by atoms with E-state index in [-0.39, 0.29) is 0 Å². The summed E-state index contributed by atoms with van der Waals surface area (Å²) in [6, 6.07) is 46.6. The molecule has 2 nitrogen and oxygen atoms in total. The van der Waals surface area contributed by atoms with Crippen LogP contribution in [0.2, 0.25) is 0 Å². The van der Waals surface area contributed by atoms with Crippen LogP contribution in [0.3, 0.4) is 0 Å². The number of aromatic nitrogens is 2. The van der Waals surface area contributed by atoms with Crippen LogP contribution < -0.4 is 0 Å². The van der Waals surface area contributed by atoms with Gasteiger partial charge in [-0.2, -0.15) is 0 Å². The summed E-state index contributed by atoms with van der Waals surface area (Å²) in [7, 11) is 0. The lowest BCUT2D eigenvalue weighted by Gasteiger charge is -2.10. The molecule has 5 aromatic carbocycles. The standard InChI is InChI=1S/C34H22N2S/c1-3-10-24(11-4-1)30-22-31(25-12-5-2-6-13-25)36-34(35-30)26-20-18-23(19-21-26)27-15-9-16-29-28-14-7-8-17-32(28)37-33(27)29/h1-22H. The summed E-state index contributed by atoms with van der Waals surface area (Å²) in [4.78, 5) is 9.94. The number of nitrogens with zero attached hydrogens (tertiary/aromatic N) is 2. The third kappa shape index (κ3) is 4.00. The zero-order valence-corrected chi connectivity index (χ0v) is 20.8. The van der Waals surface area contributed by atoms with Crippen LogP contribution in [0.4, 0.5) is 0 Å². The van der Waals surface area contributed by atoms with Crippen LogP contribution >= 0.6 is 11.3 Å². The van der Waals surface area contributed by atoms with E-state index in [0.717, 1.165) is 33.9 Å². The molecule has 174 valence electrons. The van der Waals surface area contributed by atoms with Gasteiger partial charge in [0.05, 0.1) is 11.4 Å². The van der Waals surface area contributed by atoms with E-state index >= 15 is 0 Å². The molecule has 3 heteroatoms. The van der Waals surface area contributed by atoms with Gasteiger partial charge >= 0.3 is 0 Å². The Labute approximate surface area is 219 Å². The van der Waals surface area contributed by atoms with Crippen LogP contribution in [0.1, 0.15) is 0 Å². The van der Waals surface area contributed by atoms with Crippen molar-refractivity contribution < 1.29 is 0 Å². The highest BCUT2D eigenvalue weighted by Crippen LogP contribution is 2.40. The lowest BCUT2D eigenvalue weighted by atomic mass is 10.0. The summed E-state index contributed by atoms with van der Waals surface area (Å²) in [6.07, 6.45) is 0. The molecule has 2 aromatic heterocycles. The Kier molecular flexibility index (Phi) is 5.34. The zero-order valence-electron chi connectivity index (χ0n) is 20.0. The van der Waals surface area contributed by atoms with Gasteiger partial charge in [-0.3, -0.25) is 0 Å². The number of rotatable bonds is 4. The van der Waals surface area contributed by atoms with Gasteiger partial charge in [0.15, 0.2) is 5.82 Å². The molecular weight excluding hydrogens is 468 g/mol. The second-order valence-electron chi connectivity index (χ2n) is 9.05. The molecule has 37 heavy (non-hydrogen) atoms. The fourth-order valence-corrected chi connectivity index (χ4v) is 6.10. The topological polar surface area (TPSA) is 25.8 Å². The molecule has 0 atom stereocenters. The number of benzene rings is 5. The van der Waals surface area contributed by atoms with Crippen molar-refractivity contribution in [3.63, 3.8) is 0 Å². The maximum Gasteiger partial charge on any atom is 0.160 e. The summed E-state index contributed by atoms with van der Waals surface area (Å²) >= 11 is 1.86. The molecule has 7 rings (SSSR count). The van der Waals surface area contributed by atoms with Crippen molar-refractivity contribution in [2.75, 3.05) is 0 Å². The van der Waals surface area contributed by atoms with Crippen LogP contribution in [0.15, 0.2) is 133 Å².